The lowest BCUT2D eigenvalue weighted by atomic mass is 10.1. The van der Waals surface area contributed by atoms with Crippen LogP contribution < -0.4 is 0 Å². The number of hydrogen-bond donors (Lipinski definition) is 1. The van der Waals surface area contributed by atoms with Gasteiger partial charge >= 0.3 is 0 Å². The number of hydrogen-bond acceptors (Lipinski definition) is 3. The molecule has 104 valence electrons. The molecular weight excluding hydrogens is 264 g/mol. The molecule has 4 nitrogen and oxygen atoms in total. The lowest BCUT2D eigenvalue weighted by Crippen LogP contribution is -2.42. The summed E-state index contributed by atoms with van der Waals surface area (Å²) >= 11 is 6.13. The molecule has 1 aromatic rings. The van der Waals surface area contributed by atoms with Crippen LogP contribution in [0.15, 0.2) is 12.3 Å². The maximum absolute atomic E-state index is 12.5. The first-order valence-electron chi connectivity index (χ1n) is 6.67. The summed E-state index contributed by atoms with van der Waals surface area (Å²) in [4.78, 5) is 18.4. The molecule has 1 aliphatic heterocycles. The third kappa shape index (κ3) is 3.25. The van der Waals surface area contributed by atoms with Crippen LogP contribution in [-0.2, 0) is 0 Å². The molecule has 2 rings (SSSR count). The number of halogens is 1. The van der Waals surface area contributed by atoms with E-state index in [9.17, 15) is 9.90 Å². The molecule has 2 heterocycles. The second kappa shape index (κ2) is 6.35. The number of carbonyl (C=O) groups excluding carboxylic acids is 1. The Hall–Kier alpha value is -1.13. The Morgan fingerprint density at radius 1 is 1.53 bits per heavy atom. The van der Waals surface area contributed by atoms with Crippen LogP contribution in [-0.4, -0.2) is 40.1 Å². The van der Waals surface area contributed by atoms with E-state index < -0.39 is 0 Å². The third-order valence-corrected chi connectivity index (χ3v) is 3.88. The summed E-state index contributed by atoms with van der Waals surface area (Å²) in [7, 11) is 0. The summed E-state index contributed by atoms with van der Waals surface area (Å²) in [5.41, 5.74) is 1.21. The van der Waals surface area contributed by atoms with Crippen molar-refractivity contribution in [1.82, 2.24) is 9.88 Å². The maximum Gasteiger partial charge on any atom is 0.257 e. The van der Waals surface area contributed by atoms with Crippen LogP contribution in [0.2, 0.25) is 5.02 Å². The van der Waals surface area contributed by atoms with Crippen molar-refractivity contribution in [2.45, 2.75) is 38.6 Å². The van der Waals surface area contributed by atoms with Gasteiger partial charge < -0.3 is 10.0 Å². The van der Waals surface area contributed by atoms with Gasteiger partial charge in [-0.25, -0.2) is 0 Å². The molecule has 0 spiro atoms. The van der Waals surface area contributed by atoms with Crippen molar-refractivity contribution < 1.29 is 9.90 Å². The van der Waals surface area contributed by atoms with Crippen LogP contribution in [0.1, 0.15) is 41.7 Å². The third-order valence-electron chi connectivity index (χ3n) is 3.57. The molecule has 0 radical (unpaired) electrons. The molecule has 19 heavy (non-hydrogen) atoms. The van der Waals surface area contributed by atoms with Crippen molar-refractivity contribution in [2.24, 2.45) is 0 Å². The minimum Gasteiger partial charge on any atom is -0.394 e. The maximum atomic E-state index is 12.5. The van der Waals surface area contributed by atoms with E-state index in [2.05, 4.69) is 4.98 Å². The van der Waals surface area contributed by atoms with Gasteiger partial charge in [0, 0.05) is 18.4 Å². The average molecular weight is 283 g/mol. The molecule has 0 bridgehead atoms. The molecule has 1 atom stereocenters. The fourth-order valence-corrected chi connectivity index (χ4v) is 2.76. The van der Waals surface area contributed by atoms with Gasteiger partial charge in [-0.1, -0.05) is 24.4 Å². The van der Waals surface area contributed by atoms with Gasteiger partial charge in [0.2, 0.25) is 0 Å². The van der Waals surface area contributed by atoms with Gasteiger partial charge in [0.25, 0.3) is 5.91 Å². The summed E-state index contributed by atoms with van der Waals surface area (Å²) < 4.78 is 0. The zero-order valence-corrected chi connectivity index (χ0v) is 11.9. The Bertz CT molecular complexity index is 465. The number of pyridine rings is 1. The predicted molar refractivity (Wildman–Crippen MR) is 74.4 cm³/mol. The van der Waals surface area contributed by atoms with Gasteiger partial charge in [-0.2, -0.15) is 0 Å². The highest BCUT2D eigenvalue weighted by Gasteiger charge is 2.27. The largest absolute Gasteiger partial charge is 0.394 e. The Balaban J connectivity index is 2.25. The summed E-state index contributed by atoms with van der Waals surface area (Å²) in [5.74, 6) is -0.126. The standard InChI is InChI=1S/C14H19ClN2O2/c1-10-7-13(15)12(8-16-10)14(19)17-6-4-2-3-5-11(17)9-18/h7-8,11,18H,2-6,9H2,1H3. The molecule has 1 aliphatic rings. The Kier molecular flexibility index (Phi) is 4.77. The van der Waals surface area contributed by atoms with Crippen LogP contribution in [0.5, 0.6) is 0 Å². The molecule has 1 saturated heterocycles. The van der Waals surface area contributed by atoms with Gasteiger partial charge in [-0.3, -0.25) is 9.78 Å². The number of aryl methyl sites for hydroxylation is 1. The zero-order chi connectivity index (χ0) is 13.8. The second-order valence-corrected chi connectivity index (χ2v) is 5.40. The number of aliphatic hydroxyl groups excluding tert-OH is 1. The molecule has 0 saturated carbocycles. The highest BCUT2D eigenvalue weighted by Crippen LogP contribution is 2.22. The van der Waals surface area contributed by atoms with Crippen molar-refractivity contribution in [3.63, 3.8) is 0 Å². The highest BCUT2D eigenvalue weighted by molar-refractivity contribution is 6.33. The van der Waals surface area contributed by atoms with Crippen LogP contribution in [0.25, 0.3) is 0 Å². The van der Waals surface area contributed by atoms with Crippen LogP contribution in [0.3, 0.4) is 0 Å². The van der Waals surface area contributed by atoms with Gasteiger partial charge in [-0.05, 0) is 25.8 Å². The fraction of sp³-hybridized carbons (Fsp3) is 0.571. The number of amides is 1. The van der Waals surface area contributed by atoms with Crippen LogP contribution >= 0.6 is 11.6 Å². The minimum absolute atomic E-state index is 0.00263. The van der Waals surface area contributed by atoms with E-state index in [0.29, 0.717) is 17.1 Å². The Morgan fingerprint density at radius 3 is 3.00 bits per heavy atom. The molecule has 1 N–H and O–H groups in total. The normalized spacial score (nSPS) is 20.2. The number of aliphatic hydroxyl groups is 1. The van der Waals surface area contributed by atoms with Gasteiger partial charge in [0.15, 0.2) is 0 Å². The van der Waals surface area contributed by atoms with Crippen LogP contribution in [0, 0.1) is 6.92 Å². The van der Waals surface area contributed by atoms with Crippen molar-refractivity contribution in [3.05, 3.63) is 28.5 Å². The average Bonchev–Trinajstić information content (AvgIpc) is 2.63. The van der Waals surface area contributed by atoms with Crippen molar-refractivity contribution in [3.8, 4) is 0 Å². The van der Waals surface area contributed by atoms with Gasteiger partial charge in [0.1, 0.15) is 0 Å². The molecule has 1 unspecified atom stereocenters. The zero-order valence-electron chi connectivity index (χ0n) is 11.1. The molecule has 1 amide bonds. The molecule has 5 heteroatoms. The SMILES string of the molecule is Cc1cc(Cl)c(C(=O)N2CCCCCC2CO)cn1. The van der Waals surface area contributed by atoms with E-state index in [-0.39, 0.29) is 18.6 Å². The predicted octanol–water partition coefficient (Wildman–Crippen LogP) is 2.42. The molecular formula is C14H19ClN2O2. The molecule has 0 aliphatic carbocycles. The number of rotatable bonds is 2. The number of nitrogens with zero attached hydrogens (tertiary/aromatic N) is 2. The smallest absolute Gasteiger partial charge is 0.257 e. The number of aromatic nitrogens is 1. The number of likely N-dealkylation sites (tertiary alicyclic amines) is 1. The first-order valence-corrected chi connectivity index (χ1v) is 7.05. The monoisotopic (exact) mass is 282 g/mol. The van der Waals surface area contributed by atoms with E-state index in [4.69, 9.17) is 11.6 Å². The van der Waals surface area contributed by atoms with Gasteiger partial charge in [-0.15, -0.1) is 0 Å². The molecule has 0 aromatic carbocycles. The Labute approximate surface area is 118 Å². The van der Waals surface area contributed by atoms with Crippen molar-refractivity contribution in [2.75, 3.05) is 13.2 Å². The topological polar surface area (TPSA) is 53.4 Å². The van der Waals surface area contributed by atoms with Crippen LogP contribution in [0.4, 0.5) is 0 Å². The minimum atomic E-state index is -0.126. The molecule has 1 aromatic heterocycles. The van der Waals surface area contributed by atoms with Crippen molar-refractivity contribution >= 4 is 17.5 Å². The quantitative estimate of drug-likeness (QED) is 0.906. The first kappa shape index (κ1) is 14.3. The second-order valence-electron chi connectivity index (χ2n) is 4.99. The van der Waals surface area contributed by atoms with Crippen molar-refractivity contribution in [1.29, 1.82) is 0 Å². The lowest BCUT2D eigenvalue weighted by molar-refractivity contribution is 0.0599. The highest BCUT2D eigenvalue weighted by atomic mass is 35.5. The fourth-order valence-electron chi connectivity index (χ4n) is 2.47. The summed E-state index contributed by atoms with van der Waals surface area (Å²) in [6.45, 7) is 2.51. The van der Waals surface area contributed by atoms with E-state index in [0.717, 1.165) is 31.4 Å². The summed E-state index contributed by atoms with van der Waals surface area (Å²) in [6.07, 6.45) is 5.49. The molecule has 1 fully saturated rings. The van der Waals surface area contributed by atoms with E-state index in [1.54, 1.807) is 11.0 Å². The summed E-state index contributed by atoms with van der Waals surface area (Å²) in [6, 6.07) is 1.59. The summed E-state index contributed by atoms with van der Waals surface area (Å²) in [5, 5.41) is 9.88. The van der Waals surface area contributed by atoms with Gasteiger partial charge in [0.05, 0.1) is 23.2 Å². The Morgan fingerprint density at radius 2 is 2.32 bits per heavy atom. The first-order chi connectivity index (χ1) is 9.13. The van der Waals surface area contributed by atoms with E-state index >= 15 is 0 Å². The van der Waals surface area contributed by atoms with E-state index in [1.807, 2.05) is 6.92 Å². The lowest BCUT2D eigenvalue weighted by Gasteiger charge is -2.28. The van der Waals surface area contributed by atoms with E-state index in [1.165, 1.54) is 6.20 Å². The number of carbonyl (C=O) groups is 1.